The van der Waals surface area contributed by atoms with E-state index in [4.69, 9.17) is 4.74 Å². The number of amides is 1. The first-order valence-electron chi connectivity index (χ1n) is 9.11. The van der Waals surface area contributed by atoms with Crippen LogP contribution in [-0.2, 0) is 19.5 Å². The normalized spacial score (nSPS) is 16.7. The molecule has 27 heavy (non-hydrogen) atoms. The van der Waals surface area contributed by atoms with Gasteiger partial charge in [0.25, 0.3) is 5.91 Å². The predicted molar refractivity (Wildman–Crippen MR) is 100 cm³/mol. The molecule has 0 aromatic carbocycles. The van der Waals surface area contributed by atoms with Crippen LogP contribution in [0.15, 0.2) is 23.0 Å². The maximum absolute atomic E-state index is 12.5. The number of aryl methyl sites for hydroxylation is 1. The molecule has 1 N–H and O–H groups in total. The average molecular weight is 374 g/mol. The molecule has 1 atom stereocenters. The molecule has 1 aliphatic heterocycles. The topological polar surface area (TPSA) is 94.3 Å². The van der Waals surface area contributed by atoms with Gasteiger partial charge in [0.05, 0.1) is 13.7 Å². The minimum Gasteiger partial charge on any atom is -0.481 e. The van der Waals surface area contributed by atoms with E-state index < -0.39 is 0 Å². The number of carbonyl (C=O) groups excluding carboxylic acids is 1. The summed E-state index contributed by atoms with van der Waals surface area (Å²) in [6, 6.07) is 5.06. The Kier molecular flexibility index (Phi) is 5.90. The van der Waals surface area contributed by atoms with Crippen molar-refractivity contribution < 1.29 is 9.53 Å². The Morgan fingerprint density at radius 3 is 2.93 bits per heavy atom. The van der Waals surface area contributed by atoms with Crippen LogP contribution in [0.5, 0.6) is 5.88 Å². The maximum Gasteiger partial charge on any atom is 0.345 e. The number of likely N-dealkylation sites (N-methyl/N-ethyl adjacent to an activating group) is 1. The summed E-state index contributed by atoms with van der Waals surface area (Å²) in [6.07, 6.45) is 2.07. The quantitative estimate of drug-likeness (QED) is 0.773. The Labute approximate surface area is 157 Å². The second kappa shape index (κ2) is 8.34. The molecular formula is C18H26N6O3. The van der Waals surface area contributed by atoms with Gasteiger partial charge in [-0.25, -0.2) is 14.5 Å². The minimum absolute atomic E-state index is 0.0261. The first-order chi connectivity index (χ1) is 13.0. The Balaban J connectivity index is 1.63. The van der Waals surface area contributed by atoms with Crippen LogP contribution < -0.4 is 15.7 Å². The number of methoxy groups -OCH3 is 1. The average Bonchev–Trinajstić information content (AvgIpc) is 2.83. The molecule has 0 spiro atoms. The number of ether oxygens (including phenoxy) is 1. The first kappa shape index (κ1) is 19.1. The third-order valence-electron chi connectivity index (χ3n) is 4.68. The van der Waals surface area contributed by atoms with E-state index in [9.17, 15) is 9.59 Å². The van der Waals surface area contributed by atoms with Crippen LogP contribution in [0.3, 0.4) is 0 Å². The van der Waals surface area contributed by atoms with Crippen LogP contribution in [-0.4, -0.2) is 63.9 Å². The second-order valence-electron chi connectivity index (χ2n) is 6.94. The van der Waals surface area contributed by atoms with Crippen LogP contribution in [0.4, 0.5) is 0 Å². The fourth-order valence-electron chi connectivity index (χ4n) is 3.13. The number of nitrogens with one attached hydrogen (secondary N) is 1. The lowest BCUT2D eigenvalue weighted by molar-refractivity contribution is 0.0927. The van der Waals surface area contributed by atoms with E-state index in [0.29, 0.717) is 37.5 Å². The van der Waals surface area contributed by atoms with Crippen LogP contribution in [0, 0.1) is 0 Å². The lowest BCUT2D eigenvalue weighted by Crippen LogP contribution is -2.36. The molecule has 146 valence electrons. The van der Waals surface area contributed by atoms with Gasteiger partial charge < -0.3 is 15.0 Å². The van der Waals surface area contributed by atoms with Crippen LogP contribution in [0.1, 0.15) is 29.2 Å². The van der Waals surface area contributed by atoms with Gasteiger partial charge in [0.15, 0.2) is 0 Å². The summed E-state index contributed by atoms with van der Waals surface area (Å²) in [5.74, 6) is 0.957. The molecule has 0 bridgehead atoms. The Bertz CT molecular complexity index is 857. The van der Waals surface area contributed by atoms with Crippen molar-refractivity contribution in [3.05, 3.63) is 40.2 Å². The van der Waals surface area contributed by atoms with Crippen molar-refractivity contribution in [2.75, 3.05) is 27.7 Å². The highest BCUT2D eigenvalue weighted by atomic mass is 16.5. The van der Waals surface area contributed by atoms with Crippen molar-refractivity contribution in [2.24, 2.45) is 0 Å². The van der Waals surface area contributed by atoms with Crippen LogP contribution in [0.25, 0.3) is 0 Å². The number of fused-ring (bicyclic) bond motifs is 1. The van der Waals surface area contributed by atoms with E-state index in [-0.39, 0.29) is 17.6 Å². The van der Waals surface area contributed by atoms with Gasteiger partial charge in [-0.1, -0.05) is 6.07 Å². The molecule has 0 radical (unpaired) electrons. The number of rotatable bonds is 6. The first-order valence-corrected chi connectivity index (χ1v) is 9.11. The van der Waals surface area contributed by atoms with Gasteiger partial charge in [-0.2, -0.15) is 5.10 Å². The molecular weight excluding hydrogens is 348 g/mol. The summed E-state index contributed by atoms with van der Waals surface area (Å²) in [5.41, 5.74) is 0.246. The minimum atomic E-state index is -0.234. The van der Waals surface area contributed by atoms with Crippen LogP contribution in [0.2, 0.25) is 0 Å². The van der Waals surface area contributed by atoms with E-state index in [2.05, 4.69) is 15.4 Å². The molecule has 1 amide bonds. The molecule has 3 heterocycles. The van der Waals surface area contributed by atoms with Crippen molar-refractivity contribution in [2.45, 2.75) is 38.4 Å². The zero-order valence-corrected chi connectivity index (χ0v) is 16.0. The summed E-state index contributed by atoms with van der Waals surface area (Å²) in [7, 11) is 5.45. The van der Waals surface area contributed by atoms with Gasteiger partial charge >= 0.3 is 5.69 Å². The molecule has 2 aromatic heterocycles. The van der Waals surface area contributed by atoms with Gasteiger partial charge in [0.1, 0.15) is 11.5 Å². The van der Waals surface area contributed by atoms with E-state index in [1.807, 2.05) is 19.0 Å². The molecule has 3 rings (SSSR count). The van der Waals surface area contributed by atoms with E-state index >= 15 is 0 Å². The predicted octanol–water partition coefficient (Wildman–Crippen LogP) is 0.145. The summed E-state index contributed by atoms with van der Waals surface area (Å²) >= 11 is 0. The Morgan fingerprint density at radius 2 is 2.19 bits per heavy atom. The fourth-order valence-corrected chi connectivity index (χ4v) is 3.13. The summed E-state index contributed by atoms with van der Waals surface area (Å²) in [6.45, 7) is 1.89. The molecule has 2 aromatic rings. The van der Waals surface area contributed by atoms with Crippen molar-refractivity contribution >= 4 is 5.91 Å². The van der Waals surface area contributed by atoms with Crippen molar-refractivity contribution in [1.82, 2.24) is 29.5 Å². The van der Waals surface area contributed by atoms with E-state index in [0.717, 1.165) is 18.8 Å². The molecule has 0 saturated heterocycles. The number of pyridine rings is 1. The van der Waals surface area contributed by atoms with Gasteiger partial charge in [-0.3, -0.25) is 9.36 Å². The van der Waals surface area contributed by atoms with Gasteiger partial charge in [-0.15, -0.1) is 0 Å². The number of nitrogens with zero attached hydrogens (tertiary/aromatic N) is 5. The summed E-state index contributed by atoms with van der Waals surface area (Å²) in [5, 5.41) is 7.49. The van der Waals surface area contributed by atoms with E-state index in [1.165, 1.54) is 11.8 Å². The fraction of sp³-hybridized carbons (Fsp3) is 0.556. The van der Waals surface area contributed by atoms with Crippen molar-refractivity contribution in [3.8, 4) is 5.88 Å². The molecule has 0 aliphatic carbocycles. The molecule has 0 fully saturated rings. The third-order valence-corrected chi connectivity index (χ3v) is 4.68. The SMILES string of the molecule is COc1cccc(C(=O)NC2CCc3nn(CCN(C)C)c(=O)n3CC2)n1. The molecule has 1 aliphatic rings. The van der Waals surface area contributed by atoms with Crippen molar-refractivity contribution in [1.29, 1.82) is 0 Å². The van der Waals surface area contributed by atoms with Crippen LogP contribution >= 0.6 is 0 Å². The molecule has 1 unspecified atom stereocenters. The third kappa shape index (κ3) is 4.54. The Morgan fingerprint density at radius 1 is 1.37 bits per heavy atom. The zero-order chi connectivity index (χ0) is 19.4. The molecule has 9 nitrogen and oxygen atoms in total. The monoisotopic (exact) mass is 374 g/mol. The number of hydrogen-bond donors (Lipinski definition) is 1. The van der Waals surface area contributed by atoms with E-state index in [1.54, 1.807) is 22.8 Å². The van der Waals surface area contributed by atoms with Gasteiger partial charge in [0.2, 0.25) is 5.88 Å². The lowest BCUT2D eigenvalue weighted by atomic mass is 10.1. The highest BCUT2D eigenvalue weighted by Gasteiger charge is 2.22. The number of hydrogen-bond acceptors (Lipinski definition) is 6. The lowest BCUT2D eigenvalue weighted by Gasteiger charge is -2.16. The molecule has 9 heteroatoms. The Hall–Kier alpha value is -2.68. The van der Waals surface area contributed by atoms with Gasteiger partial charge in [0, 0.05) is 31.6 Å². The highest BCUT2D eigenvalue weighted by Crippen LogP contribution is 2.13. The second-order valence-corrected chi connectivity index (χ2v) is 6.94. The number of aromatic nitrogens is 4. The van der Waals surface area contributed by atoms with Gasteiger partial charge in [-0.05, 0) is 33.0 Å². The summed E-state index contributed by atoms with van der Waals surface area (Å²) in [4.78, 5) is 31.2. The summed E-state index contributed by atoms with van der Waals surface area (Å²) < 4.78 is 8.33. The number of carbonyl (C=O) groups is 1. The van der Waals surface area contributed by atoms with Crippen molar-refractivity contribution in [3.63, 3.8) is 0 Å². The zero-order valence-electron chi connectivity index (χ0n) is 16.0. The maximum atomic E-state index is 12.5. The highest BCUT2D eigenvalue weighted by molar-refractivity contribution is 5.92. The standard InChI is InChI=1S/C18H26N6O3/c1-22(2)11-12-24-18(26)23-10-9-13(7-8-15(23)21-24)19-17(25)14-5-4-6-16(20-14)27-3/h4-6,13H,7-12H2,1-3H3,(H,19,25). The smallest absolute Gasteiger partial charge is 0.345 e. The molecule has 0 saturated carbocycles. The largest absolute Gasteiger partial charge is 0.481 e.